The van der Waals surface area contributed by atoms with Gasteiger partial charge in [0.05, 0.1) is 6.04 Å². The zero-order valence-electron chi connectivity index (χ0n) is 20.1. The van der Waals surface area contributed by atoms with E-state index in [1.54, 1.807) is 0 Å². The maximum atomic E-state index is 3.55. The zero-order valence-corrected chi connectivity index (χ0v) is 20.1. The highest BCUT2D eigenvalue weighted by Crippen LogP contribution is 2.33. The number of fused-ring (bicyclic) bond motifs is 1. The Morgan fingerprint density at radius 3 is 2.00 bits per heavy atom. The van der Waals surface area contributed by atoms with Crippen LogP contribution in [0.5, 0.6) is 0 Å². The third-order valence-corrected chi connectivity index (χ3v) is 7.31. The Morgan fingerprint density at radius 1 is 0.758 bits per heavy atom. The SMILES string of the molecule is CC(C)Nc1ccc2c(c1)CCN(C1CCN(C(c3ccccc3)c3ccccc3)CC1)C2. The van der Waals surface area contributed by atoms with Gasteiger partial charge in [0.2, 0.25) is 0 Å². The topological polar surface area (TPSA) is 18.5 Å². The van der Waals surface area contributed by atoms with E-state index in [-0.39, 0.29) is 0 Å². The molecule has 1 fully saturated rings. The maximum Gasteiger partial charge on any atom is 0.0601 e. The van der Waals surface area contributed by atoms with Crippen LogP contribution >= 0.6 is 0 Å². The lowest BCUT2D eigenvalue weighted by Crippen LogP contribution is -2.47. The summed E-state index contributed by atoms with van der Waals surface area (Å²) in [4.78, 5) is 5.44. The first-order chi connectivity index (χ1) is 16.2. The minimum absolute atomic E-state index is 0.349. The fourth-order valence-electron chi connectivity index (χ4n) is 5.70. The molecule has 0 saturated carbocycles. The summed E-state index contributed by atoms with van der Waals surface area (Å²) in [5, 5.41) is 3.55. The largest absolute Gasteiger partial charge is 0.383 e. The summed E-state index contributed by atoms with van der Waals surface area (Å²) in [6, 6.07) is 30.6. The minimum atomic E-state index is 0.349. The predicted molar refractivity (Wildman–Crippen MR) is 139 cm³/mol. The van der Waals surface area contributed by atoms with E-state index < -0.39 is 0 Å². The van der Waals surface area contributed by atoms with Gasteiger partial charge in [0.1, 0.15) is 0 Å². The molecule has 0 unspecified atom stereocenters. The van der Waals surface area contributed by atoms with Crippen LogP contribution < -0.4 is 5.32 Å². The van der Waals surface area contributed by atoms with Crippen molar-refractivity contribution in [2.75, 3.05) is 25.0 Å². The van der Waals surface area contributed by atoms with Gasteiger partial charge in [-0.1, -0.05) is 66.7 Å². The number of rotatable bonds is 6. The molecule has 2 heterocycles. The van der Waals surface area contributed by atoms with E-state index in [2.05, 4.69) is 108 Å². The molecule has 2 aliphatic heterocycles. The van der Waals surface area contributed by atoms with Crippen molar-refractivity contribution in [2.24, 2.45) is 0 Å². The second kappa shape index (κ2) is 10.1. The van der Waals surface area contributed by atoms with Gasteiger partial charge in [-0.25, -0.2) is 0 Å². The zero-order chi connectivity index (χ0) is 22.6. The second-order valence-electron chi connectivity index (χ2n) is 9.99. The molecule has 0 atom stereocenters. The van der Waals surface area contributed by atoms with Crippen molar-refractivity contribution in [1.82, 2.24) is 9.80 Å². The van der Waals surface area contributed by atoms with Crippen molar-refractivity contribution >= 4 is 5.69 Å². The molecule has 0 bridgehead atoms. The quantitative estimate of drug-likeness (QED) is 0.499. The summed E-state index contributed by atoms with van der Waals surface area (Å²) >= 11 is 0. The van der Waals surface area contributed by atoms with Gasteiger partial charge < -0.3 is 5.32 Å². The lowest BCUT2D eigenvalue weighted by Gasteiger charge is -2.43. The van der Waals surface area contributed by atoms with E-state index in [0.717, 1.165) is 19.6 Å². The van der Waals surface area contributed by atoms with Crippen LogP contribution in [0, 0.1) is 0 Å². The van der Waals surface area contributed by atoms with Gasteiger partial charge in [-0.2, -0.15) is 0 Å². The van der Waals surface area contributed by atoms with Crippen molar-refractivity contribution in [3.63, 3.8) is 0 Å². The fraction of sp³-hybridized carbons (Fsp3) is 0.400. The molecule has 0 radical (unpaired) electrons. The standard InChI is InChI=1S/C30H37N3/c1-23(2)31-28-14-13-27-22-33(18-15-26(27)21-28)29-16-19-32(20-17-29)30(24-9-5-3-6-10-24)25-11-7-4-8-12-25/h3-14,21,23,29-31H,15-20,22H2,1-2H3. The molecular formula is C30H37N3. The van der Waals surface area contributed by atoms with Gasteiger partial charge in [0, 0.05) is 44.0 Å². The Bertz CT molecular complexity index is 983. The van der Waals surface area contributed by atoms with Gasteiger partial charge in [-0.05, 0) is 67.5 Å². The molecule has 0 amide bonds. The van der Waals surface area contributed by atoms with Crippen molar-refractivity contribution in [1.29, 1.82) is 0 Å². The van der Waals surface area contributed by atoms with Crippen molar-refractivity contribution in [3.05, 3.63) is 101 Å². The third-order valence-electron chi connectivity index (χ3n) is 7.31. The van der Waals surface area contributed by atoms with Gasteiger partial charge in [0.25, 0.3) is 0 Å². The number of hydrogen-bond donors (Lipinski definition) is 1. The smallest absolute Gasteiger partial charge is 0.0601 e. The molecule has 1 saturated heterocycles. The van der Waals surface area contributed by atoms with E-state index in [0.29, 0.717) is 18.1 Å². The Balaban J connectivity index is 1.25. The average molecular weight is 440 g/mol. The lowest BCUT2D eigenvalue weighted by molar-refractivity contribution is 0.0843. The molecule has 0 spiro atoms. The van der Waals surface area contributed by atoms with Crippen LogP contribution in [0.1, 0.15) is 55.0 Å². The van der Waals surface area contributed by atoms with Crippen molar-refractivity contribution in [3.8, 4) is 0 Å². The Morgan fingerprint density at radius 2 is 1.39 bits per heavy atom. The Hall–Kier alpha value is -2.62. The molecule has 172 valence electrons. The number of benzene rings is 3. The molecule has 1 N–H and O–H groups in total. The Labute approximate surface area is 199 Å². The minimum Gasteiger partial charge on any atom is -0.383 e. The molecular weight excluding hydrogens is 402 g/mol. The second-order valence-corrected chi connectivity index (χ2v) is 9.99. The number of nitrogens with one attached hydrogen (secondary N) is 1. The molecule has 2 aliphatic rings. The van der Waals surface area contributed by atoms with Gasteiger partial charge in [0.15, 0.2) is 0 Å². The average Bonchev–Trinajstić information content (AvgIpc) is 2.85. The summed E-state index contributed by atoms with van der Waals surface area (Å²) in [5.41, 5.74) is 7.12. The number of hydrogen-bond acceptors (Lipinski definition) is 3. The first-order valence-electron chi connectivity index (χ1n) is 12.6. The first kappa shape index (κ1) is 22.2. The van der Waals surface area contributed by atoms with Crippen LogP contribution in [0.2, 0.25) is 0 Å². The normalized spacial score (nSPS) is 17.9. The van der Waals surface area contributed by atoms with Crippen LogP contribution in [0.15, 0.2) is 78.9 Å². The molecule has 3 aromatic rings. The van der Waals surface area contributed by atoms with Crippen LogP contribution in [0.3, 0.4) is 0 Å². The molecule has 0 aliphatic carbocycles. The van der Waals surface area contributed by atoms with Crippen molar-refractivity contribution < 1.29 is 0 Å². The van der Waals surface area contributed by atoms with E-state index in [9.17, 15) is 0 Å². The van der Waals surface area contributed by atoms with E-state index in [4.69, 9.17) is 0 Å². The molecule has 3 nitrogen and oxygen atoms in total. The number of nitrogens with zero attached hydrogens (tertiary/aromatic N) is 2. The monoisotopic (exact) mass is 439 g/mol. The van der Waals surface area contributed by atoms with Crippen LogP contribution in [0.4, 0.5) is 5.69 Å². The summed E-state index contributed by atoms with van der Waals surface area (Å²) in [7, 11) is 0. The summed E-state index contributed by atoms with van der Waals surface area (Å²) in [5.74, 6) is 0. The van der Waals surface area contributed by atoms with Crippen LogP contribution in [-0.2, 0) is 13.0 Å². The Kier molecular flexibility index (Phi) is 6.80. The van der Waals surface area contributed by atoms with Crippen LogP contribution in [-0.4, -0.2) is 41.5 Å². The third kappa shape index (κ3) is 5.15. The van der Waals surface area contributed by atoms with Crippen molar-refractivity contribution in [2.45, 2.75) is 57.8 Å². The highest BCUT2D eigenvalue weighted by molar-refractivity contribution is 5.50. The summed E-state index contributed by atoms with van der Waals surface area (Å²) in [6.07, 6.45) is 3.66. The van der Waals surface area contributed by atoms with Crippen LogP contribution in [0.25, 0.3) is 0 Å². The van der Waals surface area contributed by atoms with E-state index in [1.807, 2.05) is 0 Å². The number of piperidine rings is 1. The molecule has 33 heavy (non-hydrogen) atoms. The first-order valence-corrected chi connectivity index (χ1v) is 12.6. The molecule has 3 heteroatoms. The summed E-state index contributed by atoms with van der Waals surface area (Å²) < 4.78 is 0. The van der Waals surface area contributed by atoms with E-state index >= 15 is 0 Å². The highest BCUT2D eigenvalue weighted by atomic mass is 15.2. The van der Waals surface area contributed by atoms with E-state index in [1.165, 1.54) is 53.7 Å². The van der Waals surface area contributed by atoms with Gasteiger partial charge in [-0.3, -0.25) is 9.80 Å². The molecule has 3 aromatic carbocycles. The molecule has 5 rings (SSSR count). The van der Waals surface area contributed by atoms with Gasteiger partial charge in [-0.15, -0.1) is 0 Å². The highest BCUT2D eigenvalue weighted by Gasteiger charge is 2.31. The summed E-state index contributed by atoms with van der Waals surface area (Å²) in [6.45, 7) is 8.99. The number of anilines is 1. The lowest BCUT2D eigenvalue weighted by atomic mass is 9.92. The number of likely N-dealkylation sites (tertiary alicyclic amines) is 1. The fourth-order valence-corrected chi connectivity index (χ4v) is 5.70. The van der Waals surface area contributed by atoms with Gasteiger partial charge >= 0.3 is 0 Å². The maximum absolute atomic E-state index is 3.55. The molecule has 0 aromatic heterocycles. The predicted octanol–water partition coefficient (Wildman–Crippen LogP) is 6.12.